The topological polar surface area (TPSA) is 0 Å². The van der Waals surface area contributed by atoms with Crippen LogP contribution in [-0.4, -0.2) is 15.7 Å². The highest BCUT2D eigenvalue weighted by atomic mass is 14.4. The zero-order valence-corrected chi connectivity index (χ0v) is 4.65. The molecule has 0 nitrogen and oxygen atoms in total. The van der Waals surface area contributed by atoms with Gasteiger partial charge in [0.05, 0.1) is 15.7 Å². The van der Waals surface area contributed by atoms with E-state index in [1.54, 1.807) is 0 Å². The van der Waals surface area contributed by atoms with Gasteiger partial charge in [-0.3, -0.25) is 0 Å². The maximum absolute atomic E-state index is 5.66. The molecule has 0 N–H and O–H groups in total. The maximum atomic E-state index is 5.66. The first-order valence-corrected chi connectivity index (χ1v) is 2.73. The van der Waals surface area contributed by atoms with Gasteiger partial charge in [-0.1, -0.05) is 30.9 Å². The van der Waals surface area contributed by atoms with E-state index >= 15 is 0 Å². The van der Waals surface area contributed by atoms with Crippen molar-refractivity contribution in [2.45, 2.75) is 30.9 Å². The van der Waals surface area contributed by atoms with Gasteiger partial charge in [-0.15, -0.1) is 0 Å². The summed E-state index contributed by atoms with van der Waals surface area (Å²) >= 11 is 0. The number of rotatable bonds is 1. The fourth-order valence-corrected chi connectivity index (χ4v) is 0.757. The van der Waals surface area contributed by atoms with Crippen LogP contribution in [-0.2, 0) is 0 Å². The lowest BCUT2D eigenvalue weighted by Crippen LogP contribution is -1.88. The van der Waals surface area contributed by atoms with E-state index in [2.05, 4.69) is 6.92 Å². The summed E-state index contributed by atoms with van der Waals surface area (Å²) in [6.45, 7) is 2.08. The lowest BCUT2D eigenvalue weighted by atomic mass is 9.74. The SMILES string of the molecule is [B]C1CC1([B])CC. The van der Waals surface area contributed by atoms with E-state index in [0.29, 0.717) is 0 Å². The quantitative estimate of drug-likeness (QED) is 0.422. The molecule has 0 spiro atoms. The van der Waals surface area contributed by atoms with Crippen molar-refractivity contribution in [3.8, 4) is 0 Å². The van der Waals surface area contributed by atoms with Gasteiger partial charge < -0.3 is 0 Å². The molecule has 1 fully saturated rings. The second kappa shape index (κ2) is 1.30. The molecule has 4 radical (unpaired) electrons. The summed E-state index contributed by atoms with van der Waals surface area (Å²) in [5.41, 5.74) is 0. The molecule has 0 aromatic heterocycles. The molecule has 1 saturated carbocycles. The van der Waals surface area contributed by atoms with Gasteiger partial charge in [0.15, 0.2) is 0 Å². The summed E-state index contributed by atoms with van der Waals surface area (Å²) in [5, 5.41) is 0.0278. The standard InChI is InChI=1S/C5H8B2/c1-2-5(7)3-4(5)6/h4H,2-3H2,1H3. The van der Waals surface area contributed by atoms with Crippen LogP contribution >= 0.6 is 0 Å². The summed E-state index contributed by atoms with van der Waals surface area (Å²) in [6, 6.07) is 0. The van der Waals surface area contributed by atoms with Crippen LogP contribution in [0.3, 0.4) is 0 Å². The molecule has 1 aliphatic carbocycles. The predicted molar refractivity (Wildman–Crippen MR) is 32.9 cm³/mol. The summed E-state index contributed by atoms with van der Waals surface area (Å²) in [5.74, 6) is 0.289. The van der Waals surface area contributed by atoms with Crippen molar-refractivity contribution in [3.05, 3.63) is 0 Å². The predicted octanol–water partition coefficient (Wildman–Crippen LogP) is 1.08. The molecule has 0 bridgehead atoms. The van der Waals surface area contributed by atoms with Crippen molar-refractivity contribution in [3.63, 3.8) is 0 Å². The van der Waals surface area contributed by atoms with Gasteiger partial charge in [-0.25, -0.2) is 0 Å². The average molecular weight is 89.7 g/mol. The normalized spacial score (nSPS) is 49.0. The van der Waals surface area contributed by atoms with Crippen molar-refractivity contribution in [1.29, 1.82) is 0 Å². The zero-order chi connectivity index (χ0) is 5.49. The van der Waals surface area contributed by atoms with Crippen LogP contribution < -0.4 is 0 Å². The Balaban J connectivity index is 2.36. The van der Waals surface area contributed by atoms with Crippen molar-refractivity contribution in [2.24, 2.45) is 0 Å². The molecule has 0 aromatic rings. The minimum atomic E-state index is 0.0278. The van der Waals surface area contributed by atoms with Crippen LogP contribution in [0.1, 0.15) is 19.8 Å². The second-order valence-corrected chi connectivity index (χ2v) is 2.40. The molecule has 0 aliphatic heterocycles. The van der Waals surface area contributed by atoms with Gasteiger partial charge in [-0.05, 0) is 0 Å². The van der Waals surface area contributed by atoms with Gasteiger partial charge in [0.2, 0.25) is 0 Å². The Hall–Kier alpha value is 0.130. The van der Waals surface area contributed by atoms with Crippen LogP contribution in [0.25, 0.3) is 0 Å². The summed E-state index contributed by atoms with van der Waals surface area (Å²) in [6.07, 6.45) is 2.04. The lowest BCUT2D eigenvalue weighted by molar-refractivity contribution is 0.823. The molecule has 1 aliphatic rings. The minimum Gasteiger partial charge on any atom is -0.0798 e. The van der Waals surface area contributed by atoms with E-state index < -0.39 is 0 Å². The first-order valence-electron chi connectivity index (χ1n) is 2.73. The number of hydrogen-bond donors (Lipinski definition) is 0. The van der Waals surface area contributed by atoms with Crippen LogP contribution in [0.2, 0.25) is 11.1 Å². The van der Waals surface area contributed by atoms with E-state index in [1.165, 1.54) is 0 Å². The largest absolute Gasteiger partial charge is 0.0798 e. The molecule has 7 heavy (non-hydrogen) atoms. The van der Waals surface area contributed by atoms with Gasteiger partial charge in [0, 0.05) is 0 Å². The zero-order valence-electron chi connectivity index (χ0n) is 4.65. The average Bonchev–Trinajstić information content (AvgIpc) is 2.18. The van der Waals surface area contributed by atoms with Gasteiger partial charge in [0.25, 0.3) is 0 Å². The Morgan fingerprint density at radius 1 is 1.86 bits per heavy atom. The van der Waals surface area contributed by atoms with Crippen molar-refractivity contribution in [1.82, 2.24) is 0 Å². The van der Waals surface area contributed by atoms with Crippen LogP contribution in [0.4, 0.5) is 0 Å². The highest BCUT2D eigenvalue weighted by molar-refractivity contribution is 6.28. The summed E-state index contributed by atoms with van der Waals surface area (Å²) < 4.78 is 0. The van der Waals surface area contributed by atoms with E-state index in [9.17, 15) is 0 Å². The van der Waals surface area contributed by atoms with E-state index in [-0.39, 0.29) is 11.1 Å². The second-order valence-electron chi connectivity index (χ2n) is 2.40. The van der Waals surface area contributed by atoms with E-state index in [4.69, 9.17) is 15.7 Å². The Kier molecular flexibility index (Phi) is 0.980. The molecule has 1 rings (SSSR count). The Labute approximate surface area is 47.5 Å². The van der Waals surface area contributed by atoms with E-state index in [1.807, 2.05) is 0 Å². The van der Waals surface area contributed by atoms with Gasteiger partial charge in [0.1, 0.15) is 0 Å². The fourth-order valence-electron chi connectivity index (χ4n) is 0.757. The third-order valence-corrected chi connectivity index (χ3v) is 1.84. The molecule has 2 atom stereocenters. The first kappa shape index (κ1) is 5.27. The summed E-state index contributed by atoms with van der Waals surface area (Å²) in [4.78, 5) is 0. The molecule has 2 unspecified atom stereocenters. The first-order chi connectivity index (χ1) is 3.19. The van der Waals surface area contributed by atoms with Crippen LogP contribution in [0.15, 0.2) is 0 Å². The third-order valence-electron chi connectivity index (χ3n) is 1.84. The highest BCUT2D eigenvalue weighted by Gasteiger charge is 2.42. The molecule has 34 valence electrons. The molecule has 0 heterocycles. The van der Waals surface area contributed by atoms with Crippen molar-refractivity contribution >= 4 is 15.7 Å². The number of hydrogen-bond acceptors (Lipinski definition) is 0. The molecular weight excluding hydrogens is 81.7 g/mol. The molecule has 2 heteroatoms. The molecule has 0 amide bonds. The monoisotopic (exact) mass is 90.1 g/mol. The molecule has 0 aromatic carbocycles. The molecule has 0 saturated heterocycles. The fraction of sp³-hybridized carbons (Fsp3) is 1.00. The smallest absolute Gasteiger partial charge is 0.0739 e. The Bertz CT molecular complexity index is 78.1. The van der Waals surface area contributed by atoms with Gasteiger partial charge >= 0.3 is 0 Å². The van der Waals surface area contributed by atoms with Crippen molar-refractivity contribution in [2.75, 3.05) is 0 Å². The maximum Gasteiger partial charge on any atom is 0.0739 e. The minimum absolute atomic E-state index is 0.0278. The van der Waals surface area contributed by atoms with Crippen LogP contribution in [0.5, 0.6) is 0 Å². The molecular formula is C5H8B2. The van der Waals surface area contributed by atoms with Gasteiger partial charge in [-0.2, -0.15) is 0 Å². The lowest BCUT2D eigenvalue weighted by Gasteiger charge is -2.01. The third kappa shape index (κ3) is 0.711. The van der Waals surface area contributed by atoms with Crippen molar-refractivity contribution < 1.29 is 0 Å². The van der Waals surface area contributed by atoms with Crippen LogP contribution in [0, 0.1) is 0 Å². The Morgan fingerprint density at radius 3 is 2.29 bits per heavy atom. The van der Waals surface area contributed by atoms with E-state index in [0.717, 1.165) is 12.8 Å². The Morgan fingerprint density at radius 2 is 2.29 bits per heavy atom. The highest BCUT2D eigenvalue weighted by Crippen LogP contribution is 2.62. The summed E-state index contributed by atoms with van der Waals surface area (Å²) in [7, 11) is 11.2.